The van der Waals surface area contributed by atoms with E-state index in [4.69, 9.17) is 10.7 Å². The van der Waals surface area contributed by atoms with Gasteiger partial charge >= 0.3 is 0 Å². The number of fused-ring (bicyclic) bond motifs is 1. The average molecular weight is 458 g/mol. The van der Waals surface area contributed by atoms with E-state index in [0.29, 0.717) is 42.6 Å². The van der Waals surface area contributed by atoms with Gasteiger partial charge in [0.1, 0.15) is 5.82 Å². The molecule has 0 radical (unpaired) electrons. The lowest BCUT2D eigenvalue weighted by molar-refractivity contribution is -0.0458. The number of carbonyl (C=O) groups is 1. The van der Waals surface area contributed by atoms with Gasteiger partial charge in [-0.3, -0.25) is 9.78 Å². The van der Waals surface area contributed by atoms with Crippen LogP contribution in [0.2, 0.25) is 0 Å². The Kier molecular flexibility index (Phi) is 5.63. The number of aliphatic hydroxyl groups is 2. The van der Waals surface area contributed by atoms with Gasteiger partial charge in [-0.05, 0) is 38.7 Å². The molecular weight excluding hydrogens is 430 g/mol. The Morgan fingerprint density at radius 1 is 1.12 bits per heavy atom. The second kappa shape index (κ2) is 8.62. The first-order valence-corrected chi connectivity index (χ1v) is 11.4. The standard InChI is InChI=1S/C26H27N5O3/c1-16(33)22-23(18-9-11-26(34,15-32)12-10-18)30-25-20(14-29-31(25)24(22)27)19-7-8-21(28-13-19)17-5-3-2-4-6-17/h2-8,13-14,18,32,34H,9-12,15,27H2,1H3. The van der Waals surface area contributed by atoms with E-state index in [1.807, 2.05) is 42.5 Å². The van der Waals surface area contributed by atoms with Crippen LogP contribution in [0.25, 0.3) is 28.0 Å². The molecule has 0 unspecified atom stereocenters. The topological polar surface area (TPSA) is 127 Å². The Labute approximate surface area is 197 Å². The number of aromatic nitrogens is 4. The zero-order chi connectivity index (χ0) is 23.9. The summed E-state index contributed by atoms with van der Waals surface area (Å²) in [6.45, 7) is 1.21. The van der Waals surface area contributed by atoms with Crippen molar-refractivity contribution in [1.29, 1.82) is 0 Å². The minimum absolute atomic E-state index is 0.0423. The van der Waals surface area contributed by atoms with Gasteiger partial charge in [-0.15, -0.1) is 0 Å². The smallest absolute Gasteiger partial charge is 0.165 e. The molecule has 3 heterocycles. The Morgan fingerprint density at radius 2 is 1.85 bits per heavy atom. The molecule has 0 bridgehead atoms. The van der Waals surface area contributed by atoms with Gasteiger partial charge in [0.05, 0.1) is 35.4 Å². The van der Waals surface area contributed by atoms with Crippen LogP contribution in [-0.2, 0) is 0 Å². The summed E-state index contributed by atoms with van der Waals surface area (Å²) < 4.78 is 1.51. The molecule has 0 atom stereocenters. The first-order chi connectivity index (χ1) is 16.4. The number of nitrogens with zero attached hydrogens (tertiary/aromatic N) is 4. The van der Waals surface area contributed by atoms with Crippen molar-refractivity contribution >= 4 is 17.2 Å². The zero-order valence-electron chi connectivity index (χ0n) is 19.0. The Hall–Kier alpha value is -3.62. The lowest BCUT2D eigenvalue weighted by atomic mass is 9.77. The molecule has 1 aromatic carbocycles. The van der Waals surface area contributed by atoms with Crippen molar-refractivity contribution in [2.45, 2.75) is 44.1 Å². The number of hydrogen-bond donors (Lipinski definition) is 3. The molecule has 0 aliphatic heterocycles. The lowest BCUT2D eigenvalue weighted by Gasteiger charge is -2.34. The number of nitrogens with two attached hydrogens (primary N) is 1. The van der Waals surface area contributed by atoms with Crippen LogP contribution in [0.5, 0.6) is 0 Å². The molecule has 8 nitrogen and oxygen atoms in total. The molecular formula is C26H27N5O3. The van der Waals surface area contributed by atoms with E-state index in [-0.39, 0.29) is 24.1 Å². The van der Waals surface area contributed by atoms with Gasteiger partial charge in [0, 0.05) is 28.8 Å². The summed E-state index contributed by atoms with van der Waals surface area (Å²) in [5, 5.41) is 24.4. The number of nitrogen functional groups attached to an aromatic ring is 1. The largest absolute Gasteiger partial charge is 0.393 e. The number of benzene rings is 1. The summed E-state index contributed by atoms with van der Waals surface area (Å²) in [4.78, 5) is 22.1. The lowest BCUT2D eigenvalue weighted by Crippen LogP contribution is -2.37. The molecule has 174 valence electrons. The molecule has 34 heavy (non-hydrogen) atoms. The minimum atomic E-state index is -1.07. The minimum Gasteiger partial charge on any atom is -0.393 e. The molecule has 3 aromatic heterocycles. The SMILES string of the molecule is CC(=O)c1c(C2CCC(O)(CO)CC2)nc2c(-c3ccc(-c4ccccc4)nc3)cnn2c1N. The van der Waals surface area contributed by atoms with Crippen molar-refractivity contribution in [2.75, 3.05) is 12.3 Å². The third-order valence-electron chi connectivity index (χ3n) is 6.80. The van der Waals surface area contributed by atoms with Crippen molar-refractivity contribution in [1.82, 2.24) is 19.6 Å². The van der Waals surface area contributed by atoms with Gasteiger partial charge < -0.3 is 15.9 Å². The van der Waals surface area contributed by atoms with Crippen LogP contribution >= 0.6 is 0 Å². The highest BCUT2D eigenvalue weighted by Crippen LogP contribution is 2.40. The molecule has 0 saturated heterocycles. The maximum atomic E-state index is 12.5. The quantitative estimate of drug-likeness (QED) is 0.391. The summed E-state index contributed by atoms with van der Waals surface area (Å²) in [5.41, 5.74) is 10.5. The first-order valence-electron chi connectivity index (χ1n) is 11.4. The summed E-state index contributed by atoms with van der Waals surface area (Å²) in [6.07, 6.45) is 5.58. The third kappa shape index (κ3) is 3.85. The number of Topliss-reactive ketones (excluding diaryl/α,β-unsaturated/α-hetero) is 1. The molecule has 5 rings (SSSR count). The van der Waals surface area contributed by atoms with Crippen LogP contribution in [0.15, 0.2) is 54.9 Å². The predicted octanol–water partition coefficient (Wildman–Crippen LogP) is 3.62. The second-order valence-corrected chi connectivity index (χ2v) is 9.06. The molecule has 1 saturated carbocycles. The van der Waals surface area contributed by atoms with E-state index in [9.17, 15) is 15.0 Å². The number of anilines is 1. The molecule has 0 amide bonds. The Morgan fingerprint density at radius 3 is 2.47 bits per heavy atom. The van der Waals surface area contributed by atoms with Crippen molar-refractivity contribution in [3.63, 3.8) is 0 Å². The van der Waals surface area contributed by atoms with E-state index in [0.717, 1.165) is 22.4 Å². The zero-order valence-corrected chi connectivity index (χ0v) is 19.0. The normalized spacial score (nSPS) is 20.5. The molecule has 8 heteroatoms. The van der Waals surface area contributed by atoms with Crippen LogP contribution < -0.4 is 5.73 Å². The van der Waals surface area contributed by atoms with Gasteiger partial charge in [0.2, 0.25) is 0 Å². The summed E-state index contributed by atoms with van der Waals surface area (Å²) in [6, 6.07) is 13.9. The summed E-state index contributed by atoms with van der Waals surface area (Å²) in [7, 11) is 0. The highest BCUT2D eigenvalue weighted by molar-refractivity contribution is 6.00. The van der Waals surface area contributed by atoms with Gasteiger partial charge in [-0.2, -0.15) is 9.61 Å². The maximum absolute atomic E-state index is 12.5. The number of aliphatic hydroxyl groups excluding tert-OH is 1. The Bertz CT molecular complexity index is 1340. The number of carbonyl (C=O) groups excluding carboxylic acids is 1. The monoisotopic (exact) mass is 457 g/mol. The fourth-order valence-corrected chi connectivity index (χ4v) is 4.81. The highest BCUT2D eigenvalue weighted by Gasteiger charge is 2.35. The van der Waals surface area contributed by atoms with Crippen molar-refractivity contribution < 1.29 is 15.0 Å². The number of pyridine rings is 1. The molecule has 1 aliphatic rings. The van der Waals surface area contributed by atoms with Crippen molar-refractivity contribution in [3.8, 4) is 22.4 Å². The highest BCUT2D eigenvalue weighted by atomic mass is 16.3. The van der Waals surface area contributed by atoms with Gasteiger partial charge in [0.25, 0.3) is 0 Å². The van der Waals surface area contributed by atoms with Gasteiger partial charge in [-0.1, -0.05) is 36.4 Å². The summed E-state index contributed by atoms with van der Waals surface area (Å²) >= 11 is 0. The van der Waals surface area contributed by atoms with E-state index in [2.05, 4.69) is 10.1 Å². The van der Waals surface area contributed by atoms with Crippen LogP contribution in [0.4, 0.5) is 5.82 Å². The van der Waals surface area contributed by atoms with Crippen molar-refractivity contribution in [2.24, 2.45) is 0 Å². The predicted molar refractivity (Wildman–Crippen MR) is 129 cm³/mol. The van der Waals surface area contributed by atoms with Gasteiger partial charge in [-0.25, -0.2) is 4.98 Å². The molecule has 4 N–H and O–H groups in total. The van der Waals surface area contributed by atoms with Crippen molar-refractivity contribution in [3.05, 3.63) is 66.1 Å². The fraction of sp³-hybridized carbons (Fsp3) is 0.308. The van der Waals surface area contributed by atoms with Gasteiger partial charge in [0.15, 0.2) is 11.4 Å². The Balaban J connectivity index is 1.57. The van der Waals surface area contributed by atoms with E-state index >= 15 is 0 Å². The summed E-state index contributed by atoms with van der Waals surface area (Å²) in [5.74, 6) is 0.0470. The third-order valence-corrected chi connectivity index (χ3v) is 6.80. The number of hydrogen-bond acceptors (Lipinski definition) is 7. The van der Waals surface area contributed by atoms with Crippen LogP contribution in [0.1, 0.15) is 54.6 Å². The molecule has 0 spiro atoms. The van der Waals surface area contributed by atoms with E-state index in [1.165, 1.54) is 11.4 Å². The van der Waals surface area contributed by atoms with Crippen LogP contribution in [-0.4, -0.2) is 47.8 Å². The molecule has 4 aromatic rings. The first kappa shape index (κ1) is 22.2. The van der Waals surface area contributed by atoms with E-state index < -0.39 is 5.60 Å². The number of ketones is 1. The van der Waals surface area contributed by atoms with Crippen LogP contribution in [0.3, 0.4) is 0 Å². The number of rotatable bonds is 5. The van der Waals surface area contributed by atoms with Crippen LogP contribution in [0, 0.1) is 0 Å². The molecule has 1 aliphatic carbocycles. The fourth-order valence-electron chi connectivity index (χ4n) is 4.81. The average Bonchev–Trinajstić information content (AvgIpc) is 3.29. The maximum Gasteiger partial charge on any atom is 0.165 e. The second-order valence-electron chi connectivity index (χ2n) is 9.06. The van der Waals surface area contributed by atoms with E-state index in [1.54, 1.807) is 12.4 Å². The molecule has 1 fully saturated rings.